The molecule has 0 aliphatic carbocycles. The van der Waals surface area contributed by atoms with Crippen molar-refractivity contribution in [3.63, 3.8) is 0 Å². The molecular weight excluding hydrogens is 454 g/mol. The summed E-state index contributed by atoms with van der Waals surface area (Å²) < 4.78 is 26.1. The SMILES string of the molecule is C=CS(=O)(=O)Nc1cccc(-c2nc(SC)nc3sc(C(=O)NC(C)(C)C)c(N)c23)c1. The lowest BCUT2D eigenvalue weighted by molar-refractivity contribution is 0.0924. The minimum Gasteiger partial charge on any atom is -0.397 e. The molecule has 1 amide bonds. The van der Waals surface area contributed by atoms with Gasteiger partial charge in [0.2, 0.25) is 0 Å². The lowest BCUT2D eigenvalue weighted by Crippen LogP contribution is -2.40. The number of thiophene rings is 1. The van der Waals surface area contributed by atoms with Crippen molar-refractivity contribution in [3.8, 4) is 11.3 Å². The Balaban J connectivity index is 2.19. The van der Waals surface area contributed by atoms with Crippen molar-refractivity contribution in [1.29, 1.82) is 0 Å². The monoisotopic (exact) mass is 477 g/mol. The van der Waals surface area contributed by atoms with Crippen LogP contribution in [-0.4, -0.2) is 36.1 Å². The van der Waals surface area contributed by atoms with E-state index in [1.165, 1.54) is 23.1 Å². The third-order valence-corrected chi connectivity index (χ3v) is 6.67. The van der Waals surface area contributed by atoms with Gasteiger partial charge in [-0.2, -0.15) is 0 Å². The lowest BCUT2D eigenvalue weighted by Gasteiger charge is -2.20. The third-order valence-electron chi connectivity index (χ3n) is 4.06. The Morgan fingerprint density at radius 1 is 1.29 bits per heavy atom. The first-order chi connectivity index (χ1) is 14.4. The third kappa shape index (κ3) is 5.17. The van der Waals surface area contributed by atoms with Gasteiger partial charge < -0.3 is 11.1 Å². The van der Waals surface area contributed by atoms with E-state index in [1.807, 2.05) is 27.0 Å². The quantitative estimate of drug-likeness (QED) is 0.361. The van der Waals surface area contributed by atoms with Gasteiger partial charge in [-0.15, -0.1) is 11.3 Å². The molecule has 2 aromatic heterocycles. The predicted molar refractivity (Wildman–Crippen MR) is 129 cm³/mol. The molecule has 0 bridgehead atoms. The number of nitrogen functional groups attached to an aromatic ring is 1. The van der Waals surface area contributed by atoms with Crippen molar-refractivity contribution in [2.45, 2.75) is 31.5 Å². The number of anilines is 2. The topological polar surface area (TPSA) is 127 Å². The van der Waals surface area contributed by atoms with Gasteiger partial charge in [-0.25, -0.2) is 18.4 Å². The zero-order valence-electron chi connectivity index (χ0n) is 17.5. The summed E-state index contributed by atoms with van der Waals surface area (Å²) in [5.41, 5.74) is 7.78. The van der Waals surface area contributed by atoms with Crippen LogP contribution in [-0.2, 0) is 10.0 Å². The molecule has 11 heteroatoms. The van der Waals surface area contributed by atoms with Crippen LogP contribution in [0.25, 0.3) is 21.5 Å². The summed E-state index contributed by atoms with van der Waals surface area (Å²) in [7, 11) is -3.66. The molecular formula is C20H23N5O3S3. The fraction of sp³-hybridized carbons (Fsp3) is 0.250. The van der Waals surface area contributed by atoms with E-state index in [1.54, 1.807) is 24.3 Å². The number of nitrogens with zero attached hydrogens (tertiary/aromatic N) is 2. The van der Waals surface area contributed by atoms with Crippen LogP contribution < -0.4 is 15.8 Å². The van der Waals surface area contributed by atoms with Gasteiger partial charge in [0.25, 0.3) is 15.9 Å². The van der Waals surface area contributed by atoms with Gasteiger partial charge >= 0.3 is 0 Å². The molecule has 3 rings (SSSR count). The van der Waals surface area contributed by atoms with E-state index in [-0.39, 0.29) is 5.91 Å². The van der Waals surface area contributed by atoms with Crippen LogP contribution in [0.1, 0.15) is 30.4 Å². The number of rotatable bonds is 6. The molecule has 1 aromatic carbocycles. The minimum atomic E-state index is -3.66. The number of carbonyl (C=O) groups excluding carboxylic acids is 1. The molecule has 8 nitrogen and oxygen atoms in total. The number of thioether (sulfide) groups is 1. The number of sulfonamides is 1. The van der Waals surface area contributed by atoms with Crippen molar-refractivity contribution in [2.75, 3.05) is 16.7 Å². The Morgan fingerprint density at radius 3 is 2.61 bits per heavy atom. The first kappa shape index (κ1) is 23.0. The van der Waals surface area contributed by atoms with E-state index < -0.39 is 15.6 Å². The van der Waals surface area contributed by atoms with Crippen molar-refractivity contribution in [3.05, 3.63) is 41.1 Å². The summed E-state index contributed by atoms with van der Waals surface area (Å²) in [5.74, 6) is -0.280. The summed E-state index contributed by atoms with van der Waals surface area (Å²) in [6, 6.07) is 6.78. The van der Waals surface area contributed by atoms with Gasteiger partial charge in [0.1, 0.15) is 9.71 Å². The van der Waals surface area contributed by atoms with E-state index in [0.717, 1.165) is 5.41 Å². The highest BCUT2D eigenvalue weighted by atomic mass is 32.2. The molecule has 0 atom stereocenters. The molecule has 164 valence electrons. The van der Waals surface area contributed by atoms with Gasteiger partial charge in [-0.05, 0) is 39.2 Å². The van der Waals surface area contributed by atoms with Crippen LogP contribution in [0, 0.1) is 0 Å². The minimum absolute atomic E-state index is 0.280. The highest BCUT2D eigenvalue weighted by Gasteiger charge is 2.24. The molecule has 4 N–H and O–H groups in total. The average Bonchev–Trinajstić information content (AvgIpc) is 3.02. The molecule has 31 heavy (non-hydrogen) atoms. The van der Waals surface area contributed by atoms with Gasteiger partial charge in [0.05, 0.1) is 16.8 Å². The van der Waals surface area contributed by atoms with Gasteiger partial charge in [-0.3, -0.25) is 9.52 Å². The fourth-order valence-electron chi connectivity index (χ4n) is 2.80. The van der Waals surface area contributed by atoms with E-state index in [9.17, 15) is 13.2 Å². The van der Waals surface area contributed by atoms with Crippen molar-refractivity contribution < 1.29 is 13.2 Å². The number of carbonyl (C=O) groups is 1. The fourth-order valence-corrected chi connectivity index (χ4v) is 4.76. The molecule has 0 saturated carbocycles. The molecule has 0 radical (unpaired) electrons. The second kappa shape index (κ2) is 8.48. The van der Waals surface area contributed by atoms with Crippen molar-refractivity contribution in [1.82, 2.24) is 15.3 Å². The van der Waals surface area contributed by atoms with Crippen LogP contribution >= 0.6 is 23.1 Å². The maximum Gasteiger partial charge on any atom is 0.263 e. The Bertz CT molecular complexity index is 1280. The summed E-state index contributed by atoms with van der Waals surface area (Å²) >= 11 is 2.56. The number of nitrogens with one attached hydrogen (secondary N) is 2. The van der Waals surface area contributed by atoms with E-state index in [2.05, 4.69) is 26.6 Å². The smallest absolute Gasteiger partial charge is 0.263 e. The molecule has 0 spiro atoms. The predicted octanol–water partition coefficient (Wildman–Crippen LogP) is 4.08. The number of hydrogen-bond acceptors (Lipinski definition) is 8. The molecule has 0 saturated heterocycles. The highest BCUT2D eigenvalue weighted by Crippen LogP contribution is 2.40. The van der Waals surface area contributed by atoms with E-state index in [0.29, 0.717) is 42.9 Å². The molecule has 3 aromatic rings. The number of amides is 1. The number of nitrogens with two attached hydrogens (primary N) is 1. The summed E-state index contributed by atoms with van der Waals surface area (Å²) in [5, 5.41) is 4.83. The standard InChI is InChI=1S/C20H23N5O3S3/c1-6-31(27,28)25-12-9-7-8-11(10-12)15-13-14(21)16(17(26)24-20(2,3)4)30-18(13)23-19(22-15)29-5/h6-10,25H,1,21H2,2-5H3,(H,24,26). The van der Waals surface area contributed by atoms with E-state index >= 15 is 0 Å². The highest BCUT2D eigenvalue weighted by molar-refractivity contribution is 7.98. The van der Waals surface area contributed by atoms with Gasteiger partial charge in [0.15, 0.2) is 5.16 Å². The van der Waals surface area contributed by atoms with E-state index in [4.69, 9.17) is 5.73 Å². The largest absolute Gasteiger partial charge is 0.397 e. The summed E-state index contributed by atoms with van der Waals surface area (Å²) in [6.45, 7) is 8.97. The number of benzene rings is 1. The molecule has 0 unspecified atom stereocenters. The van der Waals surface area contributed by atoms with Crippen molar-refractivity contribution >= 4 is 60.6 Å². The normalized spacial score (nSPS) is 12.0. The lowest BCUT2D eigenvalue weighted by atomic mass is 10.1. The zero-order chi connectivity index (χ0) is 23.0. The maximum absolute atomic E-state index is 12.8. The zero-order valence-corrected chi connectivity index (χ0v) is 20.0. The van der Waals surface area contributed by atoms with Gasteiger partial charge in [0, 0.05) is 22.2 Å². The Kier molecular flexibility index (Phi) is 6.30. The summed E-state index contributed by atoms with van der Waals surface area (Å²) in [4.78, 5) is 22.9. The second-order valence-corrected chi connectivity index (χ2v) is 11.1. The van der Waals surface area contributed by atoms with Crippen LogP contribution in [0.3, 0.4) is 0 Å². The van der Waals surface area contributed by atoms with Crippen LogP contribution in [0.15, 0.2) is 41.4 Å². The molecule has 0 aliphatic heterocycles. The van der Waals surface area contributed by atoms with Crippen LogP contribution in [0.5, 0.6) is 0 Å². The first-order valence-corrected chi connectivity index (χ1v) is 12.7. The van der Waals surface area contributed by atoms with Gasteiger partial charge in [-0.1, -0.05) is 30.5 Å². The maximum atomic E-state index is 12.8. The second-order valence-electron chi connectivity index (χ2n) is 7.68. The Labute approximate surface area is 189 Å². The Morgan fingerprint density at radius 2 is 2.00 bits per heavy atom. The number of fused-ring (bicyclic) bond motifs is 1. The summed E-state index contributed by atoms with van der Waals surface area (Å²) in [6.07, 6.45) is 1.85. The molecule has 2 heterocycles. The van der Waals surface area contributed by atoms with Crippen molar-refractivity contribution in [2.24, 2.45) is 0 Å². The van der Waals surface area contributed by atoms with Crippen LogP contribution in [0.4, 0.5) is 11.4 Å². The molecule has 0 aliphatic rings. The van der Waals surface area contributed by atoms with Crippen LogP contribution in [0.2, 0.25) is 0 Å². The number of aromatic nitrogens is 2. The Hall–Kier alpha value is -2.63. The average molecular weight is 478 g/mol. The number of hydrogen-bond donors (Lipinski definition) is 3. The first-order valence-electron chi connectivity index (χ1n) is 9.16. The molecule has 0 fully saturated rings.